The van der Waals surface area contributed by atoms with Gasteiger partial charge < -0.3 is 10.6 Å². The summed E-state index contributed by atoms with van der Waals surface area (Å²) in [5.74, 6) is 0.00414. The van der Waals surface area contributed by atoms with Crippen molar-refractivity contribution in [1.82, 2.24) is 10.6 Å². The fraction of sp³-hybridized carbons (Fsp3) is 0.533. The Morgan fingerprint density at radius 1 is 1.47 bits per heavy atom. The van der Waals surface area contributed by atoms with Gasteiger partial charge in [0, 0.05) is 5.56 Å². The second-order valence-corrected chi connectivity index (χ2v) is 5.30. The van der Waals surface area contributed by atoms with Crippen molar-refractivity contribution in [2.75, 3.05) is 6.54 Å². The number of amides is 1. The molecule has 3 unspecified atom stereocenters. The molecule has 0 spiro atoms. The van der Waals surface area contributed by atoms with Crippen molar-refractivity contribution in [3.63, 3.8) is 0 Å². The SMILES string of the molecule is CC(NC(=O)C1NCCCC1C)c1ccccc1F. The number of nitrogens with one attached hydrogen (secondary N) is 2. The molecule has 1 amide bonds. The molecule has 1 aliphatic heterocycles. The van der Waals surface area contributed by atoms with Crippen LogP contribution < -0.4 is 10.6 Å². The molecule has 1 saturated heterocycles. The van der Waals surface area contributed by atoms with Gasteiger partial charge in [-0.1, -0.05) is 25.1 Å². The maximum absolute atomic E-state index is 13.6. The molecule has 1 heterocycles. The van der Waals surface area contributed by atoms with Gasteiger partial charge in [0.1, 0.15) is 5.82 Å². The molecule has 0 bridgehead atoms. The van der Waals surface area contributed by atoms with Crippen LogP contribution in [0.5, 0.6) is 0 Å². The largest absolute Gasteiger partial charge is 0.348 e. The summed E-state index contributed by atoms with van der Waals surface area (Å²) in [4.78, 5) is 12.2. The lowest BCUT2D eigenvalue weighted by atomic mass is 9.92. The number of carbonyl (C=O) groups is 1. The van der Waals surface area contributed by atoms with Crippen molar-refractivity contribution < 1.29 is 9.18 Å². The molecule has 1 aliphatic rings. The fourth-order valence-electron chi connectivity index (χ4n) is 2.61. The van der Waals surface area contributed by atoms with Gasteiger partial charge in [-0.25, -0.2) is 4.39 Å². The maximum atomic E-state index is 13.6. The highest BCUT2D eigenvalue weighted by molar-refractivity contribution is 5.82. The highest BCUT2D eigenvalue weighted by Crippen LogP contribution is 2.19. The summed E-state index contributed by atoms with van der Waals surface area (Å²) in [7, 11) is 0. The third kappa shape index (κ3) is 3.32. The summed E-state index contributed by atoms with van der Waals surface area (Å²) in [5, 5.41) is 6.13. The number of rotatable bonds is 3. The molecule has 3 nitrogen and oxygen atoms in total. The Morgan fingerprint density at radius 3 is 2.89 bits per heavy atom. The molecule has 0 saturated carbocycles. The van der Waals surface area contributed by atoms with Gasteiger partial charge >= 0.3 is 0 Å². The van der Waals surface area contributed by atoms with E-state index in [2.05, 4.69) is 17.6 Å². The van der Waals surface area contributed by atoms with Crippen LogP contribution in [0.3, 0.4) is 0 Å². The predicted octanol–water partition coefficient (Wildman–Crippen LogP) is 2.39. The molecule has 2 N–H and O–H groups in total. The van der Waals surface area contributed by atoms with Crippen LogP contribution in [-0.2, 0) is 4.79 Å². The monoisotopic (exact) mass is 264 g/mol. The third-order valence-electron chi connectivity index (χ3n) is 3.78. The van der Waals surface area contributed by atoms with E-state index in [1.807, 2.05) is 6.92 Å². The van der Waals surface area contributed by atoms with E-state index in [0.717, 1.165) is 19.4 Å². The normalized spacial score (nSPS) is 24.8. The van der Waals surface area contributed by atoms with Crippen LogP contribution >= 0.6 is 0 Å². The van der Waals surface area contributed by atoms with E-state index >= 15 is 0 Å². The van der Waals surface area contributed by atoms with Crippen molar-refractivity contribution in [2.45, 2.75) is 38.8 Å². The average Bonchev–Trinajstić information content (AvgIpc) is 2.39. The Morgan fingerprint density at radius 2 is 2.21 bits per heavy atom. The van der Waals surface area contributed by atoms with Gasteiger partial charge in [-0.15, -0.1) is 0 Å². The molecule has 3 atom stereocenters. The summed E-state index contributed by atoms with van der Waals surface area (Å²) in [6.07, 6.45) is 2.16. The van der Waals surface area contributed by atoms with Crippen LogP contribution in [0.2, 0.25) is 0 Å². The molecule has 1 aromatic carbocycles. The van der Waals surface area contributed by atoms with Gasteiger partial charge in [0.15, 0.2) is 0 Å². The van der Waals surface area contributed by atoms with Crippen LogP contribution in [0.1, 0.15) is 38.3 Å². The first-order valence-electron chi connectivity index (χ1n) is 6.87. The lowest BCUT2D eigenvalue weighted by Crippen LogP contribution is -2.51. The number of benzene rings is 1. The Balaban J connectivity index is 2.00. The number of carbonyl (C=O) groups excluding carboxylic acids is 1. The zero-order valence-corrected chi connectivity index (χ0v) is 11.4. The first-order valence-corrected chi connectivity index (χ1v) is 6.87. The number of halogens is 1. The van der Waals surface area contributed by atoms with Gasteiger partial charge in [0.2, 0.25) is 5.91 Å². The standard InChI is InChI=1S/C15H21FN2O/c1-10-6-5-9-17-14(10)15(19)18-11(2)12-7-3-4-8-13(12)16/h3-4,7-8,10-11,14,17H,5-6,9H2,1-2H3,(H,18,19). The van der Waals surface area contributed by atoms with Crippen molar-refractivity contribution in [3.8, 4) is 0 Å². The zero-order valence-electron chi connectivity index (χ0n) is 11.4. The summed E-state index contributed by atoms with van der Waals surface area (Å²) < 4.78 is 13.6. The summed E-state index contributed by atoms with van der Waals surface area (Å²) in [6.45, 7) is 4.75. The molecule has 104 valence electrons. The van der Waals surface area contributed by atoms with Gasteiger partial charge in [-0.2, -0.15) is 0 Å². The van der Waals surface area contributed by atoms with E-state index in [0.29, 0.717) is 11.5 Å². The highest BCUT2D eigenvalue weighted by Gasteiger charge is 2.28. The number of piperidine rings is 1. The predicted molar refractivity (Wildman–Crippen MR) is 73.1 cm³/mol. The molecule has 0 radical (unpaired) electrons. The van der Waals surface area contributed by atoms with Crippen molar-refractivity contribution in [1.29, 1.82) is 0 Å². The molecule has 0 aromatic heterocycles. The van der Waals surface area contributed by atoms with E-state index in [-0.39, 0.29) is 23.8 Å². The van der Waals surface area contributed by atoms with Crippen LogP contribution in [0.15, 0.2) is 24.3 Å². The van der Waals surface area contributed by atoms with E-state index in [9.17, 15) is 9.18 Å². The van der Waals surface area contributed by atoms with E-state index in [1.165, 1.54) is 6.07 Å². The smallest absolute Gasteiger partial charge is 0.237 e. The lowest BCUT2D eigenvalue weighted by molar-refractivity contribution is -0.125. The fourth-order valence-corrected chi connectivity index (χ4v) is 2.61. The van der Waals surface area contributed by atoms with Gasteiger partial charge in [-0.3, -0.25) is 4.79 Å². The Kier molecular flexibility index (Phi) is 4.53. The zero-order chi connectivity index (χ0) is 13.8. The van der Waals surface area contributed by atoms with Crippen molar-refractivity contribution >= 4 is 5.91 Å². The number of hydrogen-bond donors (Lipinski definition) is 2. The quantitative estimate of drug-likeness (QED) is 0.880. The van der Waals surface area contributed by atoms with Gasteiger partial charge in [0.05, 0.1) is 12.1 Å². The molecule has 1 aromatic rings. The summed E-state index contributed by atoms with van der Waals surface area (Å²) in [5.41, 5.74) is 0.527. The van der Waals surface area contributed by atoms with Gasteiger partial charge in [-0.05, 0) is 38.3 Å². The van der Waals surface area contributed by atoms with Crippen molar-refractivity contribution in [3.05, 3.63) is 35.6 Å². The number of hydrogen-bond acceptors (Lipinski definition) is 2. The molecular formula is C15H21FN2O. The molecule has 19 heavy (non-hydrogen) atoms. The topological polar surface area (TPSA) is 41.1 Å². The Bertz CT molecular complexity index is 450. The Labute approximate surface area is 113 Å². The van der Waals surface area contributed by atoms with E-state index in [4.69, 9.17) is 0 Å². The van der Waals surface area contributed by atoms with Crippen LogP contribution in [0, 0.1) is 11.7 Å². The highest BCUT2D eigenvalue weighted by atomic mass is 19.1. The van der Waals surface area contributed by atoms with Crippen LogP contribution in [0.25, 0.3) is 0 Å². The first kappa shape index (κ1) is 14.0. The maximum Gasteiger partial charge on any atom is 0.237 e. The first-order chi connectivity index (χ1) is 9.09. The molecule has 2 rings (SSSR count). The van der Waals surface area contributed by atoms with Crippen LogP contribution in [0.4, 0.5) is 4.39 Å². The summed E-state index contributed by atoms with van der Waals surface area (Å²) in [6, 6.07) is 6.07. The third-order valence-corrected chi connectivity index (χ3v) is 3.78. The van der Waals surface area contributed by atoms with Crippen molar-refractivity contribution in [2.24, 2.45) is 5.92 Å². The minimum atomic E-state index is -0.315. The minimum Gasteiger partial charge on any atom is -0.348 e. The minimum absolute atomic E-state index is 0.0389. The lowest BCUT2D eigenvalue weighted by Gasteiger charge is -2.30. The average molecular weight is 264 g/mol. The molecule has 4 heteroatoms. The second kappa shape index (κ2) is 6.15. The van der Waals surface area contributed by atoms with E-state index in [1.54, 1.807) is 18.2 Å². The summed E-state index contributed by atoms with van der Waals surface area (Å²) >= 11 is 0. The van der Waals surface area contributed by atoms with Gasteiger partial charge in [0.25, 0.3) is 0 Å². The van der Waals surface area contributed by atoms with E-state index < -0.39 is 0 Å². The molecular weight excluding hydrogens is 243 g/mol. The Hall–Kier alpha value is -1.42. The second-order valence-electron chi connectivity index (χ2n) is 5.30. The molecule has 1 fully saturated rings. The molecule has 0 aliphatic carbocycles. The van der Waals surface area contributed by atoms with Crippen LogP contribution in [-0.4, -0.2) is 18.5 Å².